The van der Waals surface area contributed by atoms with Gasteiger partial charge in [0.15, 0.2) is 6.10 Å². The average molecular weight is 419 g/mol. The first kappa shape index (κ1) is 20.3. The van der Waals surface area contributed by atoms with Gasteiger partial charge in [-0.25, -0.2) is 9.78 Å². The standard InChI is InChI=1S/C20H19ClN2O4S/c1-12-7-8-14(21)9-16(12)23-20(25)13(2)27-19(24)11-26-10-18-22-15-5-3-4-6-17(15)28-18/h3-9,13H,10-11H2,1-2H3,(H,23,25)/t13-/m1/s1. The minimum Gasteiger partial charge on any atom is -0.451 e. The Kier molecular flexibility index (Phi) is 6.61. The lowest BCUT2D eigenvalue weighted by atomic mass is 10.2. The molecule has 2 aromatic carbocycles. The predicted octanol–water partition coefficient (Wildman–Crippen LogP) is 4.35. The molecule has 1 heterocycles. The number of thiazole rings is 1. The Bertz CT molecular complexity index is 972. The Labute approximate surface area is 171 Å². The number of nitrogens with zero attached hydrogens (tertiary/aromatic N) is 1. The van der Waals surface area contributed by atoms with Gasteiger partial charge in [0.1, 0.15) is 11.6 Å². The van der Waals surface area contributed by atoms with Crippen LogP contribution in [0, 0.1) is 6.92 Å². The number of halogens is 1. The Morgan fingerprint density at radius 3 is 2.82 bits per heavy atom. The Morgan fingerprint density at radius 1 is 1.25 bits per heavy atom. The van der Waals surface area contributed by atoms with Crippen LogP contribution in [0.3, 0.4) is 0 Å². The molecular formula is C20H19ClN2O4S. The van der Waals surface area contributed by atoms with E-state index >= 15 is 0 Å². The molecule has 0 radical (unpaired) electrons. The van der Waals surface area contributed by atoms with Crippen LogP contribution >= 0.6 is 22.9 Å². The second-order valence-corrected chi connectivity index (χ2v) is 7.70. The van der Waals surface area contributed by atoms with E-state index in [2.05, 4.69) is 10.3 Å². The highest BCUT2D eigenvalue weighted by molar-refractivity contribution is 7.18. The molecule has 3 rings (SSSR count). The number of aromatic nitrogens is 1. The van der Waals surface area contributed by atoms with E-state index in [4.69, 9.17) is 21.1 Å². The van der Waals surface area contributed by atoms with Gasteiger partial charge >= 0.3 is 5.97 Å². The molecule has 0 bridgehead atoms. The molecule has 0 aliphatic carbocycles. The van der Waals surface area contributed by atoms with Gasteiger partial charge in [-0.2, -0.15) is 0 Å². The zero-order valence-corrected chi connectivity index (χ0v) is 17.0. The van der Waals surface area contributed by atoms with Crippen molar-refractivity contribution >= 4 is 50.7 Å². The molecule has 28 heavy (non-hydrogen) atoms. The number of esters is 1. The van der Waals surface area contributed by atoms with Crippen LogP contribution in [0.5, 0.6) is 0 Å². The minimum atomic E-state index is -0.961. The van der Waals surface area contributed by atoms with Crippen LogP contribution < -0.4 is 5.32 Å². The first-order chi connectivity index (χ1) is 13.4. The number of carbonyl (C=O) groups excluding carboxylic acids is 2. The molecule has 0 fully saturated rings. The zero-order valence-electron chi connectivity index (χ0n) is 15.4. The summed E-state index contributed by atoms with van der Waals surface area (Å²) in [6.45, 7) is 3.29. The van der Waals surface area contributed by atoms with Gasteiger partial charge in [0.05, 0.1) is 16.8 Å². The molecular weight excluding hydrogens is 400 g/mol. The van der Waals surface area contributed by atoms with E-state index in [9.17, 15) is 9.59 Å². The van der Waals surface area contributed by atoms with Gasteiger partial charge in [-0.3, -0.25) is 4.79 Å². The number of hydrogen-bond donors (Lipinski definition) is 1. The maximum Gasteiger partial charge on any atom is 0.332 e. The van der Waals surface area contributed by atoms with Crippen molar-refractivity contribution in [1.29, 1.82) is 0 Å². The quantitative estimate of drug-likeness (QED) is 0.577. The van der Waals surface area contributed by atoms with Crippen molar-refractivity contribution in [2.45, 2.75) is 26.6 Å². The van der Waals surface area contributed by atoms with Gasteiger partial charge in [0.25, 0.3) is 5.91 Å². The summed E-state index contributed by atoms with van der Waals surface area (Å²) < 4.78 is 11.6. The third kappa shape index (κ3) is 5.28. The molecule has 8 heteroatoms. The van der Waals surface area contributed by atoms with Gasteiger partial charge in [-0.15, -0.1) is 11.3 Å². The smallest absolute Gasteiger partial charge is 0.332 e. The summed E-state index contributed by atoms with van der Waals surface area (Å²) >= 11 is 7.45. The second-order valence-electron chi connectivity index (χ2n) is 6.15. The van der Waals surface area contributed by atoms with Crippen molar-refractivity contribution in [3.63, 3.8) is 0 Å². The number of anilines is 1. The molecule has 1 N–H and O–H groups in total. The Balaban J connectivity index is 1.45. The number of benzene rings is 2. The molecule has 3 aromatic rings. The summed E-state index contributed by atoms with van der Waals surface area (Å²) in [5.74, 6) is -1.06. The zero-order chi connectivity index (χ0) is 20.1. The number of hydrogen-bond acceptors (Lipinski definition) is 6. The van der Waals surface area contributed by atoms with Crippen molar-refractivity contribution in [2.75, 3.05) is 11.9 Å². The lowest BCUT2D eigenvalue weighted by Crippen LogP contribution is -2.31. The van der Waals surface area contributed by atoms with Gasteiger partial charge in [0, 0.05) is 10.7 Å². The third-order valence-corrected chi connectivity index (χ3v) is 5.16. The number of rotatable bonds is 7. The van der Waals surface area contributed by atoms with Crippen molar-refractivity contribution in [3.05, 3.63) is 58.1 Å². The summed E-state index contributed by atoms with van der Waals surface area (Å²) in [4.78, 5) is 28.6. The number of aryl methyl sites for hydroxylation is 1. The fourth-order valence-corrected chi connectivity index (χ4v) is 3.53. The molecule has 0 saturated heterocycles. The van der Waals surface area contributed by atoms with Crippen LogP contribution in [-0.4, -0.2) is 29.6 Å². The lowest BCUT2D eigenvalue weighted by Gasteiger charge is -2.15. The van der Waals surface area contributed by atoms with Crippen LogP contribution in [0.1, 0.15) is 17.5 Å². The molecule has 1 aromatic heterocycles. The van der Waals surface area contributed by atoms with Gasteiger partial charge < -0.3 is 14.8 Å². The first-order valence-corrected chi connectivity index (χ1v) is 9.80. The fraction of sp³-hybridized carbons (Fsp3) is 0.250. The first-order valence-electron chi connectivity index (χ1n) is 8.61. The predicted molar refractivity (Wildman–Crippen MR) is 110 cm³/mol. The van der Waals surface area contributed by atoms with Crippen LogP contribution in [0.25, 0.3) is 10.2 Å². The number of para-hydroxylation sites is 1. The summed E-state index contributed by atoms with van der Waals surface area (Å²) in [6.07, 6.45) is -0.961. The largest absolute Gasteiger partial charge is 0.451 e. The average Bonchev–Trinajstić information content (AvgIpc) is 3.07. The van der Waals surface area contributed by atoms with E-state index in [-0.39, 0.29) is 13.2 Å². The monoisotopic (exact) mass is 418 g/mol. The fourth-order valence-electron chi connectivity index (χ4n) is 2.45. The maximum absolute atomic E-state index is 12.2. The van der Waals surface area contributed by atoms with Crippen LogP contribution in [0.4, 0.5) is 5.69 Å². The molecule has 146 valence electrons. The molecule has 1 amide bonds. The second kappa shape index (κ2) is 9.14. The number of ether oxygens (including phenoxy) is 2. The van der Waals surface area contributed by atoms with Gasteiger partial charge in [0.2, 0.25) is 0 Å². The van der Waals surface area contributed by atoms with E-state index in [0.29, 0.717) is 10.7 Å². The van der Waals surface area contributed by atoms with Crippen LogP contribution in [0.15, 0.2) is 42.5 Å². The molecule has 1 atom stereocenters. The number of carbonyl (C=O) groups is 2. The lowest BCUT2D eigenvalue weighted by molar-refractivity contribution is -0.157. The van der Waals surface area contributed by atoms with Crippen LogP contribution in [-0.2, 0) is 25.7 Å². The van der Waals surface area contributed by atoms with Gasteiger partial charge in [-0.05, 0) is 43.7 Å². The highest BCUT2D eigenvalue weighted by Crippen LogP contribution is 2.22. The normalized spacial score (nSPS) is 12.0. The van der Waals surface area contributed by atoms with E-state index in [1.165, 1.54) is 18.3 Å². The molecule has 0 unspecified atom stereocenters. The van der Waals surface area contributed by atoms with E-state index in [1.807, 2.05) is 31.2 Å². The molecule has 0 spiro atoms. The number of amides is 1. The summed E-state index contributed by atoms with van der Waals surface area (Å²) in [7, 11) is 0. The highest BCUT2D eigenvalue weighted by atomic mass is 35.5. The van der Waals surface area contributed by atoms with Crippen molar-refractivity contribution in [1.82, 2.24) is 4.98 Å². The number of fused-ring (bicyclic) bond motifs is 1. The summed E-state index contributed by atoms with van der Waals surface area (Å²) in [5.41, 5.74) is 2.33. The van der Waals surface area contributed by atoms with Crippen LogP contribution in [0.2, 0.25) is 5.02 Å². The molecule has 0 aliphatic heterocycles. The topological polar surface area (TPSA) is 77.5 Å². The maximum atomic E-state index is 12.2. The Hall–Kier alpha value is -2.48. The number of nitrogens with one attached hydrogen (secondary N) is 1. The van der Waals surface area contributed by atoms with Crippen molar-refractivity contribution < 1.29 is 19.1 Å². The SMILES string of the molecule is Cc1ccc(Cl)cc1NC(=O)[C@@H](C)OC(=O)COCc1nc2ccccc2s1. The van der Waals surface area contributed by atoms with E-state index in [0.717, 1.165) is 20.8 Å². The van der Waals surface area contributed by atoms with E-state index in [1.54, 1.807) is 18.2 Å². The molecule has 6 nitrogen and oxygen atoms in total. The third-order valence-electron chi connectivity index (χ3n) is 3.92. The minimum absolute atomic E-state index is 0.205. The van der Waals surface area contributed by atoms with Gasteiger partial charge in [-0.1, -0.05) is 29.8 Å². The Morgan fingerprint density at radius 2 is 2.04 bits per heavy atom. The molecule has 0 saturated carbocycles. The highest BCUT2D eigenvalue weighted by Gasteiger charge is 2.19. The molecule has 0 aliphatic rings. The summed E-state index contributed by atoms with van der Waals surface area (Å²) in [6, 6.07) is 12.9. The van der Waals surface area contributed by atoms with E-state index < -0.39 is 18.0 Å². The van der Waals surface area contributed by atoms with Crippen molar-refractivity contribution in [2.24, 2.45) is 0 Å². The van der Waals surface area contributed by atoms with Crippen molar-refractivity contribution in [3.8, 4) is 0 Å². The summed E-state index contributed by atoms with van der Waals surface area (Å²) in [5, 5.41) is 3.99.